The number of thiophene rings is 1. The van der Waals surface area contributed by atoms with Crippen molar-refractivity contribution in [2.24, 2.45) is 0 Å². The molecule has 1 aromatic rings. The number of aromatic carboxylic acids is 1. The first-order chi connectivity index (χ1) is 9.31. The van der Waals surface area contributed by atoms with Crippen LogP contribution in [0.1, 0.15) is 28.1 Å². The number of rotatable bonds is 4. The molecule has 2 heterocycles. The zero-order valence-electron chi connectivity index (χ0n) is 10.7. The number of aryl methyl sites for hydroxylation is 1. The summed E-state index contributed by atoms with van der Waals surface area (Å²) in [6, 6.07) is 0.501. The lowest BCUT2D eigenvalue weighted by atomic mass is 10.1. The zero-order chi connectivity index (χ0) is 14.9. The summed E-state index contributed by atoms with van der Waals surface area (Å²) in [6.07, 6.45) is 1.13. The summed E-state index contributed by atoms with van der Waals surface area (Å²) in [5, 5.41) is 11.5. The molecule has 0 spiro atoms. The molecule has 0 saturated carbocycles. The van der Waals surface area contributed by atoms with E-state index in [4.69, 9.17) is 5.11 Å². The minimum Gasteiger partial charge on any atom is -0.477 e. The van der Waals surface area contributed by atoms with Crippen LogP contribution in [0.4, 0.5) is 0 Å². The Morgan fingerprint density at radius 3 is 2.80 bits per heavy atom. The van der Waals surface area contributed by atoms with Gasteiger partial charge in [-0.1, -0.05) is 0 Å². The number of amides is 1. The average Bonchev–Trinajstić information content (AvgIpc) is 2.75. The number of sulfonamides is 1. The van der Waals surface area contributed by atoms with Crippen LogP contribution >= 0.6 is 11.3 Å². The summed E-state index contributed by atoms with van der Waals surface area (Å²) < 4.78 is 26.5. The normalized spacial score (nSPS) is 19.6. The van der Waals surface area contributed by atoms with Crippen molar-refractivity contribution in [1.82, 2.24) is 10.0 Å². The number of piperidine rings is 1. The number of nitrogens with one attached hydrogen (secondary N) is 2. The van der Waals surface area contributed by atoms with Gasteiger partial charge < -0.3 is 10.4 Å². The van der Waals surface area contributed by atoms with E-state index in [0.717, 1.165) is 0 Å². The fourth-order valence-electron chi connectivity index (χ4n) is 1.93. The van der Waals surface area contributed by atoms with E-state index in [1.165, 1.54) is 13.0 Å². The van der Waals surface area contributed by atoms with E-state index in [1.54, 1.807) is 0 Å². The summed E-state index contributed by atoms with van der Waals surface area (Å²) in [4.78, 5) is 22.5. The largest absolute Gasteiger partial charge is 0.477 e. The van der Waals surface area contributed by atoms with Gasteiger partial charge in [-0.05, 0) is 31.4 Å². The van der Waals surface area contributed by atoms with Crippen LogP contribution in [0.3, 0.4) is 0 Å². The molecule has 110 valence electrons. The molecule has 0 aromatic carbocycles. The lowest BCUT2D eigenvalue weighted by Gasteiger charge is -2.22. The Bertz CT molecular complexity index is 650. The number of carbonyl (C=O) groups is 2. The second-order valence-corrected chi connectivity index (χ2v) is 7.48. The monoisotopic (exact) mass is 318 g/mol. The highest BCUT2D eigenvalue weighted by Crippen LogP contribution is 2.26. The Kier molecular flexibility index (Phi) is 4.11. The number of carbonyl (C=O) groups excluding carboxylic acids is 1. The minimum absolute atomic E-state index is 0.0153. The predicted molar refractivity (Wildman–Crippen MR) is 72.4 cm³/mol. The highest BCUT2D eigenvalue weighted by Gasteiger charge is 2.29. The van der Waals surface area contributed by atoms with Crippen LogP contribution in [0.15, 0.2) is 10.3 Å². The lowest BCUT2D eigenvalue weighted by Crippen LogP contribution is -2.49. The standard InChI is InChI=1S/C11H14N2O5S2/c1-6-5-8(19-9(6)11(15)16)20(17,18)13-7-3-2-4-12-10(7)14/h5,7,13H,2-4H2,1H3,(H,12,14)(H,15,16). The summed E-state index contributed by atoms with van der Waals surface area (Å²) >= 11 is 0.683. The lowest BCUT2D eigenvalue weighted by molar-refractivity contribution is -0.124. The Morgan fingerprint density at radius 2 is 2.25 bits per heavy atom. The molecule has 7 nitrogen and oxygen atoms in total. The zero-order valence-corrected chi connectivity index (χ0v) is 12.3. The van der Waals surface area contributed by atoms with E-state index in [2.05, 4.69) is 10.0 Å². The summed E-state index contributed by atoms with van der Waals surface area (Å²) in [7, 11) is -3.88. The average molecular weight is 318 g/mol. The first kappa shape index (κ1) is 14.9. The van der Waals surface area contributed by atoms with Crippen LogP contribution in [0, 0.1) is 6.92 Å². The van der Waals surface area contributed by atoms with Crippen molar-refractivity contribution in [3.8, 4) is 0 Å². The molecule has 1 atom stereocenters. The molecule has 0 aliphatic carbocycles. The smallest absolute Gasteiger partial charge is 0.346 e. The van der Waals surface area contributed by atoms with Gasteiger partial charge in [0.2, 0.25) is 5.91 Å². The first-order valence-corrected chi connectivity index (χ1v) is 8.25. The maximum absolute atomic E-state index is 12.2. The van der Waals surface area contributed by atoms with Crippen molar-refractivity contribution in [3.63, 3.8) is 0 Å². The fourth-order valence-corrected chi connectivity index (χ4v) is 4.55. The minimum atomic E-state index is -3.88. The van der Waals surface area contributed by atoms with Gasteiger partial charge in [-0.25, -0.2) is 13.2 Å². The van der Waals surface area contributed by atoms with Gasteiger partial charge >= 0.3 is 5.97 Å². The maximum Gasteiger partial charge on any atom is 0.346 e. The molecular weight excluding hydrogens is 304 g/mol. The van der Waals surface area contributed by atoms with E-state index in [0.29, 0.717) is 36.3 Å². The van der Waals surface area contributed by atoms with E-state index >= 15 is 0 Å². The Morgan fingerprint density at radius 1 is 1.55 bits per heavy atom. The molecule has 0 bridgehead atoms. The summed E-state index contributed by atoms with van der Waals surface area (Å²) in [5.74, 6) is -1.52. The van der Waals surface area contributed by atoms with Gasteiger partial charge in [-0.2, -0.15) is 4.72 Å². The third-order valence-electron chi connectivity index (χ3n) is 2.94. The SMILES string of the molecule is Cc1cc(S(=O)(=O)NC2CCCNC2=O)sc1C(=O)O. The van der Waals surface area contributed by atoms with Crippen LogP contribution in [0.25, 0.3) is 0 Å². The van der Waals surface area contributed by atoms with Crippen molar-refractivity contribution in [1.29, 1.82) is 0 Å². The van der Waals surface area contributed by atoms with Gasteiger partial charge in [0.15, 0.2) is 0 Å². The highest BCUT2D eigenvalue weighted by atomic mass is 32.2. The predicted octanol–water partition coefficient (Wildman–Crippen LogP) is 0.312. The third-order valence-corrected chi connectivity index (χ3v) is 6.11. The molecule has 20 heavy (non-hydrogen) atoms. The second-order valence-electron chi connectivity index (χ2n) is 4.49. The van der Waals surface area contributed by atoms with Crippen molar-refractivity contribution < 1.29 is 23.1 Å². The molecule has 1 fully saturated rings. The molecule has 9 heteroatoms. The molecule has 1 saturated heterocycles. The van der Waals surface area contributed by atoms with E-state index < -0.39 is 22.0 Å². The van der Waals surface area contributed by atoms with Crippen molar-refractivity contribution in [2.75, 3.05) is 6.54 Å². The second kappa shape index (κ2) is 5.51. The van der Waals surface area contributed by atoms with Crippen molar-refractivity contribution in [3.05, 3.63) is 16.5 Å². The topological polar surface area (TPSA) is 113 Å². The Balaban J connectivity index is 2.24. The van der Waals surface area contributed by atoms with Crippen LogP contribution < -0.4 is 10.0 Å². The van der Waals surface area contributed by atoms with Gasteiger partial charge in [0.25, 0.3) is 10.0 Å². The number of hydrogen-bond acceptors (Lipinski definition) is 5. The van der Waals surface area contributed by atoms with Crippen molar-refractivity contribution in [2.45, 2.75) is 30.0 Å². The van der Waals surface area contributed by atoms with E-state index in [9.17, 15) is 18.0 Å². The maximum atomic E-state index is 12.2. The molecule has 1 amide bonds. The third kappa shape index (κ3) is 3.00. The molecule has 1 aliphatic rings. The van der Waals surface area contributed by atoms with Crippen LogP contribution in [-0.4, -0.2) is 38.0 Å². The number of carboxylic acids is 1. The Hall–Kier alpha value is -1.45. The van der Waals surface area contributed by atoms with E-state index in [-0.39, 0.29) is 15.0 Å². The number of carboxylic acid groups (broad SMARTS) is 1. The van der Waals surface area contributed by atoms with Crippen LogP contribution in [0.2, 0.25) is 0 Å². The van der Waals surface area contributed by atoms with Crippen LogP contribution in [-0.2, 0) is 14.8 Å². The van der Waals surface area contributed by atoms with Gasteiger partial charge in [0.1, 0.15) is 15.1 Å². The molecule has 1 aliphatic heterocycles. The highest BCUT2D eigenvalue weighted by molar-refractivity contribution is 7.91. The Labute approximate surface area is 120 Å². The quantitative estimate of drug-likeness (QED) is 0.739. The molecule has 2 rings (SSSR count). The van der Waals surface area contributed by atoms with Gasteiger partial charge in [-0.15, -0.1) is 11.3 Å². The van der Waals surface area contributed by atoms with Gasteiger partial charge in [-0.3, -0.25) is 4.79 Å². The van der Waals surface area contributed by atoms with Crippen molar-refractivity contribution >= 4 is 33.2 Å². The van der Waals surface area contributed by atoms with Gasteiger partial charge in [0.05, 0.1) is 0 Å². The molecule has 1 aromatic heterocycles. The molecule has 0 radical (unpaired) electrons. The van der Waals surface area contributed by atoms with E-state index in [1.807, 2.05) is 0 Å². The van der Waals surface area contributed by atoms with Gasteiger partial charge in [0, 0.05) is 6.54 Å². The summed E-state index contributed by atoms with van der Waals surface area (Å²) in [6.45, 7) is 2.07. The molecular formula is C11H14N2O5S2. The van der Waals surface area contributed by atoms with Crippen LogP contribution in [0.5, 0.6) is 0 Å². The molecule has 1 unspecified atom stereocenters. The summed E-state index contributed by atoms with van der Waals surface area (Å²) in [5.41, 5.74) is 0.385. The first-order valence-electron chi connectivity index (χ1n) is 5.95. The molecule has 3 N–H and O–H groups in total. The fraction of sp³-hybridized carbons (Fsp3) is 0.455. The number of hydrogen-bond donors (Lipinski definition) is 3.